The minimum atomic E-state index is -3.41. The van der Waals surface area contributed by atoms with Crippen molar-refractivity contribution in [3.8, 4) is 0 Å². The van der Waals surface area contributed by atoms with Gasteiger partial charge in [-0.3, -0.25) is 4.79 Å². The zero-order chi connectivity index (χ0) is 17.6. The minimum absolute atomic E-state index is 0.109. The summed E-state index contributed by atoms with van der Waals surface area (Å²) in [7, 11) is -3.41. The molecule has 1 fully saturated rings. The number of amides is 1. The summed E-state index contributed by atoms with van der Waals surface area (Å²) in [6.45, 7) is 3.55. The Morgan fingerprint density at radius 3 is 2.50 bits per heavy atom. The third kappa shape index (κ3) is 4.91. The summed E-state index contributed by atoms with van der Waals surface area (Å²) < 4.78 is 39.8. The second-order valence-corrected chi connectivity index (χ2v) is 7.84. The van der Waals surface area contributed by atoms with Gasteiger partial charge in [-0.2, -0.15) is 4.31 Å². The molecule has 8 heteroatoms. The van der Waals surface area contributed by atoms with Gasteiger partial charge in [0.2, 0.25) is 15.9 Å². The Morgan fingerprint density at radius 2 is 1.88 bits per heavy atom. The number of anilines is 1. The van der Waals surface area contributed by atoms with Crippen LogP contribution >= 0.6 is 0 Å². The summed E-state index contributed by atoms with van der Waals surface area (Å²) >= 11 is 0. The molecule has 1 aliphatic heterocycles. The molecule has 2 rings (SSSR count). The maximum atomic E-state index is 13.8. The van der Waals surface area contributed by atoms with Crippen molar-refractivity contribution in [3.05, 3.63) is 30.1 Å². The van der Waals surface area contributed by atoms with E-state index in [0.29, 0.717) is 38.3 Å². The molecule has 0 saturated carbocycles. The minimum Gasteiger partial charge on any atom is -0.367 e. The Morgan fingerprint density at radius 1 is 1.21 bits per heavy atom. The Kier molecular flexibility index (Phi) is 6.56. The summed E-state index contributed by atoms with van der Waals surface area (Å²) in [4.78, 5) is 13.2. The predicted molar refractivity (Wildman–Crippen MR) is 91.9 cm³/mol. The van der Waals surface area contributed by atoms with E-state index in [9.17, 15) is 17.6 Å². The van der Waals surface area contributed by atoms with Gasteiger partial charge < -0.3 is 10.2 Å². The topological polar surface area (TPSA) is 69.7 Å². The molecule has 134 valence electrons. The highest BCUT2D eigenvalue weighted by Gasteiger charge is 2.27. The van der Waals surface area contributed by atoms with Crippen LogP contribution < -0.4 is 10.2 Å². The number of benzene rings is 1. The van der Waals surface area contributed by atoms with Crippen molar-refractivity contribution in [2.24, 2.45) is 0 Å². The molecule has 0 aliphatic carbocycles. The van der Waals surface area contributed by atoms with Crippen LogP contribution in [0.1, 0.15) is 19.8 Å². The van der Waals surface area contributed by atoms with E-state index in [1.807, 2.05) is 11.8 Å². The molecule has 1 N–H and O–H groups in total. The van der Waals surface area contributed by atoms with Crippen LogP contribution in [0.3, 0.4) is 0 Å². The molecule has 1 saturated heterocycles. The number of nitrogens with one attached hydrogen (secondary N) is 1. The van der Waals surface area contributed by atoms with Gasteiger partial charge in [0.05, 0.1) is 11.4 Å². The second kappa shape index (κ2) is 8.43. The standard InChI is InChI=1S/C16H24FN3O3S/c1-2-5-16(21)18-8-13-24(22,23)20-11-9-19(10-12-20)15-7-4-3-6-14(15)17/h3-4,6-7H,2,5,8-13H2,1H3,(H,18,21). The zero-order valence-electron chi connectivity index (χ0n) is 13.9. The Hall–Kier alpha value is -1.67. The van der Waals surface area contributed by atoms with E-state index in [-0.39, 0.29) is 24.0 Å². The molecule has 1 amide bonds. The largest absolute Gasteiger partial charge is 0.367 e. The fourth-order valence-electron chi connectivity index (χ4n) is 2.68. The van der Waals surface area contributed by atoms with Crippen LogP contribution in [-0.2, 0) is 14.8 Å². The second-order valence-electron chi connectivity index (χ2n) is 5.75. The van der Waals surface area contributed by atoms with Crippen LogP contribution in [0.15, 0.2) is 24.3 Å². The van der Waals surface area contributed by atoms with Crippen LogP contribution in [0.25, 0.3) is 0 Å². The van der Waals surface area contributed by atoms with Crippen molar-refractivity contribution in [1.29, 1.82) is 0 Å². The van der Waals surface area contributed by atoms with Crippen LogP contribution in [0, 0.1) is 5.82 Å². The SMILES string of the molecule is CCCC(=O)NCCS(=O)(=O)N1CCN(c2ccccc2F)CC1. The van der Waals surface area contributed by atoms with E-state index in [1.54, 1.807) is 18.2 Å². The molecule has 1 aliphatic rings. The van der Waals surface area contributed by atoms with Crippen molar-refractivity contribution in [2.75, 3.05) is 43.4 Å². The molecule has 1 aromatic rings. The van der Waals surface area contributed by atoms with Gasteiger partial charge in [0, 0.05) is 39.1 Å². The lowest BCUT2D eigenvalue weighted by Crippen LogP contribution is -2.50. The average molecular weight is 357 g/mol. The first-order valence-corrected chi connectivity index (χ1v) is 9.79. The van der Waals surface area contributed by atoms with Gasteiger partial charge in [-0.1, -0.05) is 19.1 Å². The van der Waals surface area contributed by atoms with Crippen molar-refractivity contribution < 1.29 is 17.6 Å². The zero-order valence-corrected chi connectivity index (χ0v) is 14.7. The van der Waals surface area contributed by atoms with E-state index in [2.05, 4.69) is 5.32 Å². The first-order chi connectivity index (χ1) is 11.4. The maximum absolute atomic E-state index is 13.8. The Labute approximate surface area is 142 Å². The number of carbonyl (C=O) groups excluding carboxylic acids is 1. The third-order valence-electron chi connectivity index (χ3n) is 3.98. The molecule has 24 heavy (non-hydrogen) atoms. The van der Waals surface area contributed by atoms with E-state index >= 15 is 0 Å². The van der Waals surface area contributed by atoms with E-state index in [0.717, 1.165) is 6.42 Å². The molecule has 6 nitrogen and oxygen atoms in total. The summed E-state index contributed by atoms with van der Waals surface area (Å²) in [5, 5.41) is 2.62. The van der Waals surface area contributed by atoms with Crippen LogP contribution in [-0.4, -0.2) is 57.1 Å². The molecule has 0 unspecified atom stereocenters. The molecular weight excluding hydrogens is 333 g/mol. The Bertz CT molecular complexity index is 658. The van der Waals surface area contributed by atoms with E-state index in [4.69, 9.17) is 0 Å². The van der Waals surface area contributed by atoms with Gasteiger partial charge >= 0.3 is 0 Å². The number of sulfonamides is 1. The summed E-state index contributed by atoms with van der Waals surface area (Å²) in [5.41, 5.74) is 0.501. The quantitative estimate of drug-likeness (QED) is 0.796. The lowest BCUT2D eigenvalue weighted by atomic mass is 10.2. The number of para-hydroxylation sites is 1. The number of hydrogen-bond donors (Lipinski definition) is 1. The lowest BCUT2D eigenvalue weighted by Gasteiger charge is -2.35. The van der Waals surface area contributed by atoms with Crippen molar-refractivity contribution in [3.63, 3.8) is 0 Å². The molecule has 0 atom stereocenters. The molecule has 1 aromatic carbocycles. The number of nitrogens with zero attached hydrogens (tertiary/aromatic N) is 2. The fraction of sp³-hybridized carbons (Fsp3) is 0.562. The average Bonchev–Trinajstić information content (AvgIpc) is 2.55. The highest BCUT2D eigenvalue weighted by Crippen LogP contribution is 2.20. The highest BCUT2D eigenvalue weighted by atomic mass is 32.2. The summed E-state index contributed by atoms with van der Waals surface area (Å²) in [6, 6.07) is 6.49. The first kappa shape index (κ1) is 18.7. The Balaban J connectivity index is 1.84. The maximum Gasteiger partial charge on any atom is 0.220 e. The predicted octanol–water partition coefficient (Wildman–Crippen LogP) is 1.19. The first-order valence-electron chi connectivity index (χ1n) is 8.18. The van der Waals surface area contributed by atoms with Crippen molar-refractivity contribution in [2.45, 2.75) is 19.8 Å². The number of piperazine rings is 1. The van der Waals surface area contributed by atoms with Gasteiger partial charge in [0.1, 0.15) is 5.82 Å². The molecule has 0 radical (unpaired) electrons. The van der Waals surface area contributed by atoms with Gasteiger partial charge in [-0.05, 0) is 18.6 Å². The van der Waals surface area contributed by atoms with Crippen LogP contribution in [0.5, 0.6) is 0 Å². The number of rotatable bonds is 7. The summed E-state index contributed by atoms with van der Waals surface area (Å²) in [5.74, 6) is -0.535. The van der Waals surface area contributed by atoms with Crippen molar-refractivity contribution in [1.82, 2.24) is 9.62 Å². The van der Waals surface area contributed by atoms with Crippen molar-refractivity contribution >= 4 is 21.6 Å². The monoisotopic (exact) mass is 357 g/mol. The van der Waals surface area contributed by atoms with E-state index in [1.165, 1.54) is 10.4 Å². The van der Waals surface area contributed by atoms with Gasteiger partial charge in [0.15, 0.2) is 0 Å². The fourth-order valence-corrected chi connectivity index (χ4v) is 4.02. The third-order valence-corrected chi connectivity index (χ3v) is 5.86. The number of carbonyl (C=O) groups is 1. The number of halogens is 1. The van der Waals surface area contributed by atoms with Gasteiger partial charge in [-0.15, -0.1) is 0 Å². The highest BCUT2D eigenvalue weighted by molar-refractivity contribution is 7.89. The normalized spacial score (nSPS) is 16.2. The van der Waals surface area contributed by atoms with Gasteiger partial charge in [0.25, 0.3) is 0 Å². The van der Waals surface area contributed by atoms with Crippen LogP contribution in [0.4, 0.5) is 10.1 Å². The lowest BCUT2D eigenvalue weighted by molar-refractivity contribution is -0.120. The number of hydrogen-bond acceptors (Lipinski definition) is 4. The molecule has 1 heterocycles. The molecule has 0 bridgehead atoms. The van der Waals surface area contributed by atoms with Crippen LogP contribution in [0.2, 0.25) is 0 Å². The molecule has 0 spiro atoms. The van der Waals surface area contributed by atoms with E-state index < -0.39 is 10.0 Å². The molecule has 0 aromatic heterocycles. The summed E-state index contributed by atoms with van der Waals surface area (Å²) in [6.07, 6.45) is 1.14. The van der Waals surface area contributed by atoms with Gasteiger partial charge in [-0.25, -0.2) is 12.8 Å². The molecular formula is C16H24FN3O3S. The smallest absolute Gasteiger partial charge is 0.220 e.